The molecule has 4 fully saturated rings. The summed E-state index contributed by atoms with van der Waals surface area (Å²) < 4.78 is 1.72. The van der Waals surface area contributed by atoms with E-state index in [1.807, 2.05) is 6.07 Å². The normalized spacial score (nSPS) is 30.6. The van der Waals surface area contributed by atoms with E-state index in [1.54, 1.807) is 0 Å². The Morgan fingerprint density at radius 2 is 1.57 bits per heavy atom. The summed E-state index contributed by atoms with van der Waals surface area (Å²) in [6.45, 7) is 8.82. The molecule has 1 nitrogen and oxygen atoms in total. The second-order valence-electron chi connectivity index (χ2n) is 9.77. The van der Waals surface area contributed by atoms with Gasteiger partial charge in [-0.05, 0) is 125 Å². The zero-order valence-corrected chi connectivity index (χ0v) is 21.1. The largest absolute Gasteiger partial charge is 0.327 e. The summed E-state index contributed by atoms with van der Waals surface area (Å²) in [5.74, 6) is 6.37. The van der Waals surface area contributed by atoms with Gasteiger partial charge in [0.25, 0.3) is 0 Å². The Balaban J connectivity index is 1.68. The molecule has 4 aliphatic rings. The van der Waals surface area contributed by atoms with Crippen molar-refractivity contribution >= 4 is 46.0 Å². The molecule has 0 aromatic heterocycles. The monoisotopic (exact) mass is 527 g/mol. The van der Waals surface area contributed by atoms with Gasteiger partial charge in [0.2, 0.25) is 0 Å². The third-order valence-electron chi connectivity index (χ3n) is 6.78. The number of rotatable bonds is 4. The predicted octanol–water partition coefficient (Wildman–Crippen LogP) is 7.43. The van der Waals surface area contributed by atoms with E-state index in [0.717, 1.165) is 28.3 Å². The van der Waals surface area contributed by atoms with Crippen LogP contribution in [0.2, 0.25) is 5.02 Å². The topological polar surface area (TPSA) is 3.24 Å². The highest BCUT2D eigenvalue weighted by atomic mass is 127. The number of benzene rings is 1. The molecule has 0 radical (unpaired) electrons. The Bertz CT molecular complexity index is 764. The fourth-order valence-electron chi connectivity index (χ4n) is 6.10. The molecule has 0 unspecified atom stereocenters. The number of halogens is 2. The summed E-state index contributed by atoms with van der Waals surface area (Å²) >= 11 is 11.3. The number of hydrogen-bond donors (Lipinski definition) is 0. The lowest BCUT2D eigenvalue weighted by atomic mass is 9.56. The lowest BCUT2D eigenvalue weighted by molar-refractivity contribution is 0.0383. The van der Waals surface area contributed by atoms with Crippen molar-refractivity contribution in [3.63, 3.8) is 0 Å². The molecule has 0 amide bonds. The quantitative estimate of drug-likeness (QED) is 0.227. The molecule has 4 aliphatic carbocycles. The third kappa shape index (κ3) is 4.21. The summed E-state index contributed by atoms with van der Waals surface area (Å²) in [6.07, 6.45) is 8.63. The second-order valence-corrected chi connectivity index (χ2v) is 12.8. The Kier molecular flexibility index (Phi) is 6.23. The number of nitrogens with zero attached hydrogens (tertiary/aromatic N) is 1. The van der Waals surface area contributed by atoms with Crippen LogP contribution in [0.1, 0.15) is 71.8 Å². The van der Waals surface area contributed by atoms with Crippen LogP contribution in [0.15, 0.2) is 17.0 Å². The average molecular weight is 528 g/mol. The zero-order chi connectivity index (χ0) is 20.1. The summed E-state index contributed by atoms with van der Waals surface area (Å²) in [6, 6.07) is 8.41. The van der Waals surface area contributed by atoms with Crippen molar-refractivity contribution in [3.8, 4) is 12.0 Å². The lowest BCUT2D eigenvalue weighted by Crippen LogP contribution is -2.48. The summed E-state index contributed by atoms with van der Waals surface area (Å²) in [4.78, 5) is 3.56. The molecule has 4 bridgehead atoms. The van der Waals surface area contributed by atoms with E-state index >= 15 is 0 Å². The fraction of sp³-hybridized carbons (Fsp3) is 0.667. The van der Waals surface area contributed by atoms with E-state index in [1.165, 1.54) is 47.0 Å². The van der Waals surface area contributed by atoms with Crippen LogP contribution in [0.3, 0.4) is 0 Å². The first-order chi connectivity index (χ1) is 13.3. The van der Waals surface area contributed by atoms with Crippen LogP contribution in [0, 0.1) is 33.3 Å². The molecule has 1 aromatic rings. The van der Waals surface area contributed by atoms with Crippen molar-refractivity contribution < 1.29 is 0 Å². The number of hydrogen-bond acceptors (Lipinski definition) is 2. The predicted molar refractivity (Wildman–Crippen MR) is 130 cm³/mol. The maximum Gasteiger partial charge on any atom is 0.0597 e. The first kappa shape index (κ1) is 21.2. The first-order valence-corrected chi connectivity index (χ1v) is 13.0. The SMILES string of the molecule is CC(C)N(C#Cc1c(Cl)ccc(I)c1SC12CC3CC(CC(C3)C1)C2)C(C)C. The molecule has 28 heavy (non-hydrogen) atoms. The highest BCUT2D eigenvalue weighted by molar-refractivity contribution is 14.1. The van der Waals surface area contributed by atoms with Gasteiger partial charge in [-0.2, -0.15) is 0 Å². The van der Waals surface area contributed by atoms with Gasteiger partial charge in [-0.3, -0.25) is 0 Å². The van der Waals surface area contributed by atoms with Crippen molar-refractivity contribution in [1.82, 2.24) is 4.90 Å². The van der Waals surface area contributed by atoms with Crippen LogP contribution in [0.25, 0.3) is 0 Å². The van der Waals surface area contributed by atoms with Crippen molar-refractivity contribution in [1.29, 1.82) is 0 Å². The van der Waals surface area contributed by atoms with Crippen LogP contribution in [0.4, 0.5) is 0 Å². The smallest absolute Gasteiger partial charge is 0.0597 e. The van der Waals surface area contributed by atoms with E-state index < -0.39 is 0 Å². The van der Waals surface area contributed by atoms with Crippen molar-refractivity contribution in [2.75, 3.05) is 0 Å². The Morgan fingerprint density at radius 1 is 1.04 bits per heavy atom. The van der Waals surface area contributed by atoms with Gasteiger partial charge < -0.3 is 4.90 Å². The van der Waals surface area contributed by atoms with Crippen molar-refractivity contribution in [2.45, 2.75) is 87.9 Å². The van der Waals surface area contributed by atoms with E-state index in [9.17, 15) is 0 Å². The van der Waals surface area contributed by atoms with E-state index in [4.69, 9.17) is 11.6 Å². The minimum absolute atomic E-state index is 0.397. The average Bonchev–Trinajstić information content (AvgIpc) is 2.58. The standard InChI is InChI=1S/C24H31ClINS/c1-15(2)27(16(3)4)8-7-20-21(25)5-6-22(26)23(20)28-24-12-17-9-18(13-24)11-19(10-17)14-24/h5-6,15-19H,9-14H2,1-4H3. The highest BCUT2D eigenvalue weighted by Crippen LogP contribution is 2.62. The van der Waals surface area contributed by atoms with Gasteiger partial charge in [-0.25, -0.2) is 0 Å². The Morgan fingerprint density at radius 3 is 2.07 bits per heavy atom. The number of thioether (sulfide) groups is 1. The van der Waals surface area contributed by atoms with Crippen LogP contribution >= 0.6 is 46.0 Å². The minimum atomic E-state index is 0.397. The Hall–Kier alpha value is -0.0500. The van der Waals surface area contributed by atoms with Gasteiger partial charge in [-0.1, -0.05) is 11.6 Å². The molecule has 0 atom stereocenters. The third-order valence-corrected chi connectivity index (χ3v) is 9.92. The van der Waals surface area contributed by atoms with Crippen LogP contribution in [0.5, 0.6) is 0 Å². The molecule has 0 N–H and O–H groups in total. The van der Waals surface area contributed by atoms with Gasteiger partial charge in [0, 0.05) is 31.3 Å². The molecule has 0 aliphatic heterocycles. The van der Waals surface area contributed by atoms with Gasteiger partial charge >= 0.3 is 0 Å². The lowest BCUT2D eigenvalue weighted by Gasteiger charge is -2.56. The molecule has 4 saturated carbocycles. The molecule has 5 rings (SSSR count). The molecule has 4 heteroatoms. The van der Waals surface area contributed by atoms with Gasteiger partial charge in [-0.15, -0.1) is 11.8 Å². The van der Waals surface area contributed by atoms with Gasteiger partial charge in [0.1, 0.15) is 0 Å². The van der Waals surface area contributed by atoms with Crippen LogP contribution in [-0.2, 0) is 0 Å². The maximum absolute atomic E-state index is 6.69. The summed E-state index contributed by atoms with van der Waals surface area (Å²) in [5.41, 5.74) is 1.04. The van der Waals surface area contributed by atoms with Crippen LogP contribution < -0.4 is 0 Å². The first-order valence-electron chi connectivity index (χ1n) is 10.7. The molecular weight excluding hydrogens is 497 g/mol. The molecule has 0 saturated heterocycles. The van der Waals surface area contributed by atoms with Crippen molar-refractivity contribution in [2.24, 2.45) is 17.8 Å². The molecule has 0 spiro atoms. The zero-order valence-electron chi connectivity index (χ0n) is 17.4. The minimum Gasteiger partial charge on any atom is -0.327 e. The fourth-order valence-corrected chi connectivity index (χ4v) is 8.96. The van der Waals surface area contributed by atoms with E-state index in [-0.39, 0.29) is 0 Å². The molecule has 1 aromatic carbocycles. The summed E-state index contributed by atoms with van der Waals surface area (Å²) in [7, 11) is 0. The van der Waals surface area contributed by atoms with Gasteiger partial charge in [0.15, 0.2) is 0 Å². The Labute approximate surface area is 193 Å². The van der Waals surface area contributed by atoms with E-state index in [0.29, 0.717) is 16.8 Å². The molecule has 152 valence electrons. The molecular formula is C24H31ClINS. The summed E-state index contributed by atoms with van der Waals surface area (Å²) in [5, 5.41) is 0.799. The van der Waals surface area contributed by atoms with Crippen molar-refractivity contribution in [3.05, 3.63) is 26.3 Å². The second kappa shape index (κ2) is 8.23. The highest BCUT2D eigenvalue weighted by Gasteiger charge is 2.51. The molecule has 0 heterocycles. The van der Waals surface area contributed by atoms with Crippen LogP contribution in [-0.4, -0.2) is 21.7 Å². The van der Waals surface area contributed by atoms with Gasteiger partial charge in [0.05, 0.1) is 10.6 Å². The maximum atomic E-state index is 6.69. The van der Waals surface area contributed by atoms with E-state index in [2.05, 4.69) is 85.0 Å².